The molecule has 1 saturated heterocycles. The second kappa shape index (κ2) is 6.96. The van der Waals surface area contributed by atoms with E-state index in [9.17, 15) is 4.79 Å². The lowest BCUT2D eigenvalue weighted by molar-refractivity contribution is -0.135. The van der Waals surface area contributed by atoms with Crippen LogP contribution in [0.4, 0.5) is 0 Å². The number of para-hydroxylation sites is 1. The zero-order valence-corrected chi connectivity index (χ0v) is 16.7. The third-order valence-electron chi connectivity index (χ3n) is 5.16. The number of nitrogens with zero attached hydrogens (tertiary/aromatic N) is 3. The summed E-state index contributed by atoms with van der Waals surface area (Å²) in [5.74, 6) is 0.722. The normalized spacial score (nSPS) is 18.1. The fraction of sp³-hybridized carbons (Fsp3) is 0.368. The number of amides is 1. The lowest BCUT2D eigenvalue weighted by Gasteiger charge is -2.46. The number of aromatic nitrogens is 1. The Kier molecular flexibility index (Phi) is 4.48. The molecule has 2 aliphatic rings. The molecular weight excluding hydrogens is 382 g/mol. The van der Waals surface area contributed by atoms with Crippen molar-refractivity contribution in [2.24, 2.45) is 0 Å². The van der Waals surface area contributed by atoms with Crippen LogP contribution in [0.25, 0.3) is 10.2 Å². The predicted octanol–water partition coefficient (Wildman–Crippen LogP) is 3.72. The van der Waals surface area contributed by atoms with Gasteiger partial charge in [0.1, 0.15) is 0 Å². The summed E-state index contributed by atoms with van der Waals surface area (Å²) in [6.07, 6.45) is 1.16. The van der Waals surface area contributed by atoms with Crippen LogP contribution in [0.2, 0.25) is 0 Å². The molecule has 0 saturated carbocycles. The highest BCUT2D eigenvalue weighted by Gasteiger charge is 2.36. The van der Waals surface area contributed by atoms with Crippen molar-refractivity contribution in [3.05, 3.63) is 46.2 Å². The highest BCUT2D eigenvalue weighted by molar-refractivity contribution is 8.01. The maximum atomic E-state index is 12.5. The lowest BCUT2D eigenvalue weighted by atomic mass is 10.0. The molecule has 0 bridgehead atoms. The largest absolute Gasteiger partial charge is 0.339 e. The highest BCUT2D eigenvalue weighted by atomic mass is 32.2. The van der Waals surface area contributed by atoms with Crippen molar-refractivity contribution < 1.29 is 4.79 Å². The molecule has 5 rings (SSSR count). The number of carbonyl (C=O) groups is 1. The molecule has 0 radical (unpaired) electrons. The summed E-state index contributed by atoms with van der Waals surface area (Å²) in [4.78, 5) is 23.1. The van der Waals surface area contributed by atoms with Crippen LogP contribution in [-0.4, -0.2) is 52.1 Å². The molecule has 4 nitrogen and oxygen atoms in total. The maximum Gasteiger partial charge on any atom is 0.233 e. The van der Waals surface area contributed by atoms with Gasteiger partial charge in [0.05, 0.1) is 16.0 Å². The first kappa shape index (κ1) is 16.7. The number of hydrogen-bond acceptors (Lipinski definition) is 6. The van der Waals surface area contributed by atoms with Crippen molar-refractivity contribution in [2.75, 3.05) is 25.4 Å². The first-order valence-electron chi connectivity index (χ1n) is 8.82. The van der Waals surface area contributed by atoms with E-state index < -0.39 is 0 Å². The van der Waals surface area contributed by atoms with E-state index in [2.05, 4.69) is 27.4 Å². The molecule has 0 unspecified atom stereocenters. The number of benzene rings is 1. The minimum absolute atomic E-state index is 0.235. The Hall–Kier alpha value is -1.41. The molecule has 26 heavy (non-hydrogen) atoms. The maximum absolute atomic E-state index is 12.5. The van der Waals surface area contributed by atoms with Gasteiger partial charge in [0.15, 0.2) is 4.34 Å². The lowest BCUT2D eigenvalue weighted by Crippen LogP contribution is -2.61. The van der Waals surface area contributed by atoms with Gasteiger partial charge in [0.2, 0.25) is 5.91 Å². The second-order valence-corrected chi connectivity index (χ2v) is 10.0. The van der Waals surface area contributed by atoms with Gasteiger partial charge in [-0.05, 0) is 35.6 Å². The molecule has 0 aliphatic carbocycles. The van der Waals surface area contributed by atoms with E-state index in [-0.39, 0.29) is 5.91 Å². The third kappa shape index (κ3) is 3.17. The Balaban J connectivity index is 1.12. The highest BCUT2D eigenvalue weighted by Crippen LogP contribution is 2.31. The van der Waals surface area contributed by atoms with E-state index in [1.165, 1.54) is 10.3 Å². The number of hydrogen-bond donors (Lipinski definition) is 0. The Bertz CT molecular complexity index is 911. The molecule has 0 N–H and O–H groups in total. The predicted molar refractivity (Wildman–Crippen MR) is 109 cm³/mol. The van der Waals surface area contributed by atoms with Gasteiger partial charge in [0, 0.05) is 37.1 Å². The topological polar surface area (TPSA) is 36.4 Å². The molecule has 7 heteroatoms. The van der Waals surface area contributed by atoms with Crippen LogP contribution in [-0.2, 0) is 17.8 Å². The molecule has 134 valence electrons. The summed E-state index contributed by atoms with van der Waals surface area (Å²) in [5.41, 5.74) is 2.51. The molecule has 4 heterocycles. The van der Waals surface area contributed by atoms with Crippen molar-refractivity contribution in [3.63, 3.8) is 0 Å². The average molecular weight is 402 g/mol. The Morgan fingerprint density at radius 1 is 1.27 bits per heavy atom. The molecule has 0 spiro atoms. The van der Waals surface area contributed by atoms with Crippen molar-refractivity contribution in [3.8, 4) is 0 Å². The molecule has 3 aromatic rings. The molecule has 1 fully saturated rings. The molecule has 0 atom stereocenters. The quantitative estimate of drug-likeness (QED) is 0.625. The van der Waals surface area contributed by atoms with Crippen molar-refractivity contribution >= 4 is 50.6 Å². The number of carbonyl (C=O) groups excluding carboxylic acids is 1. The van der Waals surface area contributed by atoms with Crippen LogP contribution in [0.3, 0.4) is 0 Å². The van der Waals surface area contributed by atoms with Crippen LogP contribution in [0.5, 0.6) is 0 Å². The summed E-state index contributed by atoms with van der Waals surface area (Å²) in [6.45, 7) is 3.92. The van der Waals surface area contributed by atoms with Gasteiger partial charge in [-0.2, -0.15) is 0 Å². The van der Waals surface area contributed by atoms with Gasteiger partial charge in [-0.15, -0.1) is 22.7 Å². The molecule has 2 aromatic heterocycles. The number of thiophene rings is 1. The first-order valence-corrected chi connectivity index (χ1v) is 11.5. The minimum Gasteiger partial charge on any atom is -0.339 e. The van der Waals surface area contributed by atoms with E-state index in [1.54, 1.807) is 28.0 Å². The summed E-state index contributed by atoms with van der Waals surface area (Å²) in [7, 11) is 0. The number of rotatable bonds is 4. The summed E-state index contributed by atoms with van der Waals surface area (Å²) < 4.78 is 2.17. The fourth-order valence-corrected chi connectivity index (χ4v) is 6.46. The van der Waals surface area contributed by atoms with Crippen LogP contribution < -0.4 is 0 Å². The Labute approximate surface area is 164 Å². The molecular formula is C19H19N3OS3. The zero-order chi connectivity index (χ0) is 17.5. The molecule has 2 aliphatic heterocycles. The van der Waals surface area contributed by atoms with Crippen LogP contribution >= 0.6 is 34.4 Å². The van der Waals surface area contributed by atoms with E-state index >= 15 is 0 Å². The summed E-state index contributed by atoms with van der Waals surface area (Å²) in [6, 6.07) is 10.9. The first-order chi connectivity index (χ1) is 12.8. The van der Waals surface area contributed by atoms with E-state index in [0.717, 1.165) is 42.5 Å². The Morgan fingerprint density at radius 2 is 2.15 bits per heavy atom. The van der Waals surface area contributed by atoms with E-state index in [1.807, 2.05) is 34.4 Å². The van der Waals surface area contributed by atoms with Crippen LogP contribution in [0.15, 0.2) is 40.1 Å². The monoisotopic (exact) mass is 401 g/mol. The van der Waals surface area contributed by atoms with Gasteiger partial charge >= 0.3 is 0 Å². The standard InChI is InChI=1S/C19H19N3OS3/c23-18(12-25-19-20-15-3-1-2-4-17(15)26-19)22-10-14(11-22)21-7-5-16-13(9-21)6-8-24-16/h1-4,6,8,14H,5,7,9-12H2. The van der Waals surface area contributed by atoms with Crippen molar-refractivity contribution in [2.45, 2.75) is 23.3 Å². The minimum atomic E-state index is 0.235. The zero-order valence-electron chi connectivity index (χ0n) is 14.3. The van der Waals surface area contributed by atoms with Gasteiger partial charge < -0.3 is 4.90 Å². The SMILES string of the molecule is O=C(CSc1nc2ccccc2s1)N1CC(N2CCc3sccc3C2)C1. The van der Waals surface area contributed by atoms with Crippen LogP contribution in [0.1, 0.15) is 10.4 Å². The molecule has 1 amide bonds. The number of fused-ring (bicyclic) bond motifs is 2. The summed E-state index contributed by atoms with van der Waals surface area (Å²) in [5, 5.41) is 2.20. The van der Waals surface area contributed by atoms with Crippen molar-refractivity contribution in [1.82, 2.24) is 14.8 Å². The van der Waals surface area contributed by atoms with Gasteiger partial charge in [-0.3, -0.25) is 9.69 Å². The number of likely N-dealkylation sites (tertiary alicyclic amines) is 1. The number of thiazole rings is 1. The van der Waals surface area contributed by atoms with Crippen molar-refractivity contribution in [1.29, 1.82) is 0 Å². The fourth-order valence-electron chi connectivity index (χ4n) is 3.60. The van der Waals surface area contributed by atoms with Gasteiger partial charge in [-0.25, -0.2) is 4.98 Å². The van der Waals surface area contributed by atoms with E-state index in [0.29, 0.717) is 11.8 Å². The third-order valence-corrected chi connectivity index (χ3v) is 8.35. The number of thioether (sulfide) groups is 1. The Morgan fingerprint density at radius 3 is 3.04 bits per heavy atom. The van der Waals surface area contributed by atoms with Crippen LogP contribution in [0, 0.1) is 0 Å². The molecule has 1 aromatic carbocycles. The second-order valence-electron chi connectivity index (χ2n) is 6.78. The van der Waals surface area contributed by atoms with Gasteiger partial charge in [0.25, 0.3) is 0 Å². The average Bonchev–Trinajstić information content (AvgIpc) is 3.24. The van der Waals surface area contributed by atoms with Gasteiger partial charge in [-0.1, -0.05) is 23.9 Å². The summed E-state index contributed by atoms with van der Waals surface area (Å²) >= 11 is 5.11. The van der Waals surface area contributed by atoms with E-state index in [4.69, 9.17) is 0 Å². The smallest absolute Gasteiger partial charge is 0.233 e.